The van der Waals surface area contributed by atoms with E-state index in [0.29, 0.717) is 0 Å². The maximum absolute atomic E-state index is 12.4. The van der Waals surface area contributed by atoms with E-state index < -0.39 is 6.61 Å². The smallest absolute Gasteiger partial charge is 0.387 e. The van der Waals surface area contributed by atoms with Crippen molar-refractivity contribution in [1.29, 1.82) is 0 Å². The second kappa shape index (κ2) is 7.73. The van der Waals surface area contributed by atoms with Gasteiger partial charge < -0.3 is 10.1 Å². The van der Waals surface area contributed by atoms with Crippen LogP contribution in [0.5, 0.6) is 5.75 Å². The molecule has 0 aliphatic rings. The van der Waals surface area contributed by atoms with Gasteiger partial charge in [-0.1, -0.05) is 18.2 Å². The summed E-state index contributed by atoms with van der Waals surface area (Å²) in [6, 6.07) is 8.68. The van der Waals surface area contributed by atoms with Gasteiger partial charge in [0.1, 0.15) is 5.75 Å². The standard InChI is InChI=1S/C15H19F2N3O/c1-12(18-8-4-10-20-11-5-9-19-20)13-6-2-3-7-14(13)21-15(16)17/h2-3,5-7,9,11-12,15,18H,4,8,10H2,1H3. The van der Waals surface area contributed by atoms with Crippen LogP contribution in [0.15, 0.2) is 42.7 Å². The molecule has 4 nitrogen and oxygen atoms in total. The summed E-state index contributed by atoms with van der Waals surface area (Å²) in [6.07, 6.45) is 4.56. The van der Waals surface area contributed by atoms with Crippen molar-refractivity contribution in [2.75, 3.05) is 6.54 Å². The molecular weight excluding hydrogens is 276 g/mol. The van der Waals surface area contributed by atoms with Crippen LogP contribution in [0.25, 0.3) is 0 Å². The normalized spacial score (nSPS) is 12.6. The fraction of sp³-hybridized carbons (Fsp3) is 0.400. The molecule has 0 radical (unpaired) electrons. The zero-order valence-corrected chi connectivity index (χ0v) is 11.9. The number of alkyl halides is 2. The first-order chi connectivity index (χ1) is 10.2. The highest BCUT2D eigenvalue weighted by Crippen LogP contribution is 2.26. The average Bonchev–Trinajstić information content (AvgIpc) is 2.96. The van der Waals surface area contributed by atoms with Crippen LogP contribution >= 0.6 is 0 Å². The minimum Gasteiger partial charge on any atom is -0.434 e. The highest BCUT2D eigenvalue weighted by molar-refractivity contribution is 5.35. The van der Waals surface area contributed by atoms with Gasteiger partial charge in [-0.3, -0.25) is 4.68 Å². The van der Waals surface area contributed by atoms with Crippen LogP contribution in [-0.4, -0.2) is 22.9 Å². The summed E-state index contributed by atoms with van der Waals surface area (Å²) in [6.45, 7) is 0.714. The lowest BCUT2D eigenvalue weighted by atomic mass is 10.1. The van der Waals surface area contributed by atoms with Gasteiger partial charge in [0.05, 0.1) is 0 Å². The summed E-state index contributed by atoms with van der Waals surface area (Å²) in [5.41, 5.74) is 0.733. The number of hydrogen-bond acceptors (Lipinski definition) is 3. The minimum absolute atomic E-state index is 0.0578. The molecule has 21 heavy (non-hydrogen) atoms. The number of para-hydroxylation sites is 1. The predicted molar refractivity (Wildman–Crippen MR) is 76.3 cm³/mol. The number of aromatic nitrogens is 2. The number of benzene rings is 1. The van der Waals surface area contributed by atoms with Gasteiger partial charge in [-0.15, -0.1) is 0 Å². The molecule has 0 aliphatic heterocycles. The summed E-state index contributed by atoms with van der Waals surface area (Å²) in [5.74, 6) is 0.222. The molecule has 1 aromatic carbocycles. The van der Waals surface area contributed by atoms with Crippen molar-refractivity contribution in [2.24, 2.45) is 0 Å². The number of hydrogen-bond donors (Lipinski definition) is 1. The Hall–Kier alpha value is -1.95. The molecule has 0 fully saturated rings. The van der Waals surface area contributed by atoms with Gasteiger partial charge in [0, 0.05) is 30.5 Å². The van der Waals surface area contributed by atoms with Crippen LogP contribution in [-0.2, 0) is 6.54 Å². The van der Waals surface area contributed by atoms with Crippen LogP contribution < -0.4 is 10.1 Å². The van der Waals surface area contributed by atoms with Crippen molar-refractivity contribution >= 4 is 0 Å². The number of ether oxygens (including phenoxy) is 1. The Balaban J connectivity index is 1.83. The quantitative estimate of drug-likeness (QED) is 0.760. The van der Waals surface area contributed by atoms with Crippen molar-refractivity contribution in [1.82, 2.24) is 15.1 Å². The van der Waals surface area contributed by atoms with E-state index in [4.69, 9.17) is 0 Å². The van der Waals surface area contributed by atoms with E-state index in [-0.39, 0.29) is 11.8 Å². The zero-order chi connectivity index (χ0) is 15.1. The summed E-state index contributed by atoms with van der Waals surface area (Å²) in [5, 5.41) is 7.43. The summed E-state index contributed by atoms with van der Waals surface area (Å²) < 4.78 is 31.2. The first-order valence-corrected chi connectivity index (χ1v) is 6.91. The molecule has 2 aromatic rings. The van der Waals surface area contributed by atoms with Gasteiger partial charge in [-0.2, -0.15) is 13.9 Å². The molecular formula is C15H19F2N3O. The van der Waals surface area contributed by atoms with E-state index >= 15 is 0 Å². The van der Waals surface area contributed by atoms with Crippen LogP contribution in [0, 0.1) is 0 Å². The molecule has 6 heteroatoms. The van der Waals surface area contributed by atoms with Crippen LogP contribution in [0.3, 0.4) is 0 Å². The monoisotopic (exact) mass is 295 g/mol. The Bertz CT molecular complexity index is 531. The zero-order valence-electron chi connectivity index (χ0n) is 11.9. The number of nitrogens with zero attached hydrogens (tertiary/aromatic N) is 2. The lowest BCUT2D eigenvalue weighted by molar-refractivity contribution is -0.0506. The van der Waals surface area contributed by atoms with Crippen molar-refractivity contribution in [2.45, 2.75) is 32.5 Å². The van der Waals surface area contributed by atoms with Crippen molar-refractivity contribution in [3.8, 4) is 5.75 Å². The van der Waals surface area contributed by atoms with Gasteiger partial charge >= 0.3 is 6.61 Å². The Labute approximate surface area is 122 Å². The third-order valence-electron chi connectivity index (χ3n) is 3.18. The van der Waals surface area contributed by atoms with Gasteiger partial charge in [-0.25, -0.2) is 0 Å². The maximum Gasteiger partial charge on any atom is 0.387 e. The van der Waals surface area contributed by atoms with Crippen molar-refractivity contribution in [3.63, 3.8) is 0 Å². The molecule has 1 unspecified atom stereocenters. The van der Waals surface area contributed by atoms with Crippen molar-refractivity contribution < 1.29 is 13.5 Å². The van der Waals surface area contributed by atoms with E-state index in [2.05, 4.69) is 15.2 Å². The second-order valence-corrected chi connectivity index (χ2v) is 4.71. The molecule has 1 N–H and O–H groups in total. The number of aryl methyl sites for hydroxylation is 1. The molecule has 1 atom stereocenters. The highest BCUT2D eigenvalue weighted by atomic mass is 19.3. The lowest BCUT2D eigenvalue weighted by Crippen LogP contribution is -2.22. The fourth-order valence-electron chi connectivity index (χ4n) is 2.14. The lowest BCUT2D eigenvalue weighted by Gasteiger charge is -2.18. The van der Waals surface area contributed by atoms with E-state index in [1.807, 2.05) is 29.9 Å². The number of halogens is 2. The molecule has 0 saturated carbocycles. The fourth-order valence-corrected chi connectivity index (χ4v) is 2.14. The molecule has 1 aromatic heterocycles. The molecule has 1 heterocycles. The molecule has 2 rings (SSSR count). The number of rotatable bonds is 8. The Kier molecular flexibility index (Phi) is 5.68. The van der Waals surface area contributed by atoms with Gasteiger partial charge in [0.2, 0.25) is 0 Å². The van der Waals surface area contributed by atoms with E-state index in [0.717, 1.165) is 25.1 Å². The SMILES string of the molecule is CC(NCCCn1cccn1)c1ccccc1OC(F)F. The largest absolute Gasteiger partial charge is 0.434 e. The molecule has 0 amide bonds. The van der Waals surface area contributed by atoms with Gasteiger partial charge in [0.15, 0.2) is 0 Å². The van der Waals surface area contributed by atoms with Gasteiger partial charge in [-0.05, 0) is 32.0 Å². The topological polar surface area (TPSA) is 39.1 Å². The predicted octanol–water partition coefficient (Wildman–Crippen LogP) is 3.23. The second-order valence-electron chi connectivity index (χ2n) is 4.71. The summed E-state index contributed by atoms with van der Waals surface area (Å²) >= 11 is 0. The van der Waals surface area contributed by atoms with E-state index in [9.17, 15) is 8.78 Å². The van der Waals surface area contributed by atoms with E-state index in [1.54, 1.807) is 24.4 Å². The first kappa shape index (κ1) is 15.4. The maximum atomic E-state index is 12.4. The molecule has 0 bridgehead atoms. The molecule has 114 valence electrons. The number of nitrogens with one attached hydrogen (secondary N) is 1. The summed E-state index contributed by atoms with van der Waals surface area (Å²) in [7, 11) is 0. The Morgan fingerprint density at radius 2 is 2.10 bits per heavy atom. The first-order valence-electron chi connectivity index (χ1n) is 6.91. The Morgan fingerprint density at radius 1 is 1.29 bits per heavy atom. The summed E-state index contributed by atoms with van der Waals surface area (Å²) in [4.78, 5) is 0. The van der Waals surface area contributed by atoms with E-state index in [1.165, 1.54) is 0 Å². The van der Waals surface area contributed by atoms with Crippen LogP contribution in [0.1, 0.15) is 24.9 Å². The highest BCUT2D eigenvalue weighted by Gasteiger charge is 2.13. The van der Waals surface area contributed by atoms with Gasteiger partial charge in [0.25, 0.3) is 0 Å². The average molecular weight is 295 g/mol. The van der Waals surface area contributed by atoms with Crippen LogP contribution in [0.2, 0.25) is 0 Å². The molecule has 0 saturated heterocycles. The third kappa shape index (κ3) is 4.82. The third-order valence-corrected chi connectivity index (χ3v) is 3.18. The minimum atomic E-state index is -2.81. The molecule has 0 spiro atoms. The molecule has 0 aliphatic carbocycles. The Morgan fingerprint density at radius 3 is 2.81 bits per heavy atom. The van der Waals surface area contributed by atoms with Crippen molar-refractivity contribution in [3.05, 3.63) is 48.3 Å². The van der Waals surface area contributed by atoms with Crippen LogP contribution in [0.4, 0.5) is 8.78 Å².